The number of nitro benzene ring substituents is 1. The molecule has 9 heteroatoms. The van der Waals surface area contributed by atoms with Crippen LogP contribution in [-0.4, -0.2) is 17.7 Å². The topological polar surface area (TPSA) is 111 Å². The van der Waals surface area contributed by atoms with Gasteiger partial charge in [-0.25, -0.2) is 4.99 Å². The Balaban J connectivity index is 1.49. The third-order valence-corrected chi connectivity index (χ3v) is 7.44. The SMILES string of the molecule is CCOc1cc(C=Nc2oc(-c3ccc(C)cc3)c(-c3ccc(C)cc3)c2C#N)cc(Br)c1OCc1ccc([N+](=O)[O-])cc1. The summed E-state index contributed by atoms with van der Waals surface area (Å²) >= 11 is 3.58. The summed E-state index contributed by atoms with van der Waals surface area (Å²) in [4.78, 5) is 15.1. The molecule has 0 N–H and O–H groups in total. The van der Waals surface area contributed by atoms with Gasteiger partial charge in [0.25, 0.3) is 5.69 Å². The van der Waals surface area contributed by atoms with Crippen LogP contribution in [0.3, 0.4) is 0 Å². The second kappa shape index (κ2) is 13.4. The molecule has 4 aromatic carbocycles. The highest BCUT2D eigenvalue weighted by molar-refractivity contribution is 9.10. The van der Waals surface area contributed by atoms with Crippen molar-refractivity contribution < 1.29 is 18.8 Å². The van der Waals surface area contributed by atoms with Crippen LogP contribution in [0.4, 0.5) is 11.6 Å². The summed E-state index contributed by atoms with van der Waals surface area (Å²) in [5.74, 6) is 1.75. The summed E-state index contributed by atoms with van der Waals surface area (Å²) in [6.45, 7) is 6.49. The first-order valence-electron chi connectivity index (χ1n) is 13.8. The van der Waals surface area contributed by atoms with Crippen LogP contribution in [0.2, 0.25) is 0 Å². The van der Waals surface area contributed by atoms with Crippen molar-refractivity contribution in [2.75, 3.05) is 6.61 Å². The summed E-state index contributed by atoms with van der Waals surface area (Å²) < 4.78 is 18.8. The highest BCUT2D eigenvalue weighted by atomic mass is 79.9. The summed E-state index contributed by atoms with van der Waals surface area (Å²) in [5, 5.41) is 21.2. The number of rotatable bonds is 10. The average molecular weight is 651 g/mol. The van der Waals surface area contributed by atoms with Gasteiger partial charge in [-0.15, -0.1) is 0 Å². The molecule has 1 aromatic heterocycles. The molecule has 0 fully saturated rings. The lowest BCUT2D eigenvalue weighted by atomic mass is 9.97. The number of nitriles is 1. The minimum atomic E-state index is -0.441. The number of furan rings is 1. The number of benzene rings is 4. The molecule has 220 valence electrons. The lowest BCUT2D eigenvalue weighted by Crippen LogP contribution is -2.01. The number of halogens is 1. The lowest BCUT2D eigenvalue weighted by molar-refractivity contribution is -0.384. The lowest BCUT2D eigenvalue weighted by Gasteiger charge is -2.14. The van der Waals surface area contributed by atoms with E-state index in [2.05, 4.69) is 27.0 Å². The molecule has 44 heavy (non-hydrogen) atoms. The number of nitrogens with zero attached hydrogens (tertiary/aromatic N) is 3. The first kappa shape index (κ1) is 30.3. The van der Waals surface area contributed by atoms with Crippen LogP contribution >= 0.6 is 15.9 Å². The summed E-state index contributed by atoms with van der Waals surface area (Å²) in [7, 11) is 0. The highest BCUT2D eigenvalue weighted by Crippen LogP contribution is 2.43. The molecule has 0 aliphatic rings. The maximum atomic E-state index is 11.0. The number of non-ortho nitro benzene ring substituents is 1. The Bertz CT molecular complexity index is 1870. The van der Waals surface area contributed by atoms with Crippen molar-refractivity contribution in [1.82, 2.24) is 0 Å². The maximum Gasteiger partial charge on any atom is 0.269 e. The third kappa shape index (κ3) is 6.72. The predicted octanol–water partition coefficient (Wildman–Crippen LogP) is 9.50. The van der Waals surface area contributed by atoms with Gasteiger partial charge in [-0.1, -0.05) is 59.7 Å². The fourth-order valence-electron chi connectivity index (χ4n) is 4.59. The van der Waals surface area contributed by atoms with Gasteiger partial charge in [-0.2, -0.15) is 5.26 Å². The highest BCUT2D eigenvalue weighted by Gasteiger charge is 2.23. The maximum absolute atomic E-state index is 11.0. The van der Waals surface area contributed by atoms with Gasteiger partial charge in [-0.05, 0) is 77.7 Å². The fourth-order valence-corrected chi connectivity index (χ4v) is 5.16. The molecule has 0 amide bonds. The number of aryl methyl sites for hydroxylation is 2. The number of hydrogen-bond donors (Lipinski definition) is 0. The van der Waals surface area contributed by atoms with Gasteiger partial charge in [0.05, 0.1) is 16.0 Å². The third-order valence-electron chi connectivity index (χ3n) is 6.85. The van der Waals surface area contributed by atoms with Gasteiger partial charge in [-0.3, -0.25) is 10.1 Å². The zero-order valence-electron chi connectivity index (χ0n) is 24.3. The van der Waals surface area contributed by atoms with Crippen molar-refractivity contribution in [1.29, 1.82) is 5.26 Å². The van der Waals surface area contributed by atoms with E-state index in [0.29, 0.717) is 45.0 Å². The van der Waals surface area contributed by atoms with Gasteiger partial charge in [0.1, 0.15) is 24.0 Å². The van der Waals surface area contributed by atoms with Crippen molar-refractivity contribution in [3.05, 3.63) is 127 Å². The first-order chi connectivity index (χ1) is 21.3. The Labute approximate surface area is 263 Å². The van der Waals surface area contributed by atoms with Crippen molar-refractivity contribution in [2.45, 2.75) is 27.4 Å². The van der Waals surface area contributed by atoms with Crippen LogP contribution in [0, 0.1) is 35.3 Å². The zero-order chi connectivity index (χ0) is 31.2. The Morgan fingerprint density at radius 1 is 0.955 bits per heavy atom. The molecule has 0 bridgehead atoms. The van der Waals surface area contributed by atoms with E-state index >= 15 is 0 Å². The molecule has 0 aliphatic carbocycles. The Kier molecular flexibility index (Phi) is 9.22. The monoisotopic (exact) mass is 649 g/mol. The normalized spacial score (nSPS) is 11.0. The molecule has 5 aromatic rings. The van der Waals surface area contributed by atoms with E-state index in [4.69, 9.17) is 13.9 Å². The zero-order valence-corrected chi connectivity index (χ0v) is 25.9. The summed E-state index contributed by atoms with van der Waals surface area (Å²) in [5.41, 5.74) is 6.45. The van der Waals surface area contributed by atoms with Crippen molar-refractivity contribution in [3.8, 4) is 40.0 Å². The number of hydrogen-bond acceptors (Lipinski definition) is 7. The van der Waals surface area contributed by atoms with Crippen molar-refractivity contribution in [2.24, 2.45) is 4.99 Å². The predicted molar refractivity (Wildman–Crippen MR) is 174 cm³/mol. The first-order valence-corrected chi connectivity index (χ1v) is 14.6. The standard InChI is InChI=1S/C35H28BrN3O5/c1-4-42-31-18-25(17-30(36)34(31)43-21-24-9-15-28(16-10-24)39(40)41)20-38-35-29(19-37)32(26-11-5-22(2)6-12-26)33(44-35)27-13-7-23(3)8-14-27/h5-18,20H,4,21H2,1-3H3. The van der Waals surface area contributed by atoms with E-state index in [1.54, 1.807) is 24.4 Å². The minimum Gasteiger partial charge on any atom is -0.490 e. The fraction of sp³-hybridized carbons (Fsp3) is 0.143. The molecule has 0 saturated carbocycles. The van der Waals surface area contributed by atoms with E-state index in [0.717, 1.165) is 27.8 Å². The Morgan fingerprint density at radius 3 is 2.18 bits per heavy atom. The minimum absolute atomic E-state index is 0.0154. The van der Waals surface area contributed by atoms with Crippen LogP contribution in [-0.2, 0) is 6.61 Å². The number of nitro groups is 1. The van der Waals surface area contributed by atoms with Crippen LogP contribution in [0.5, 0.6) is 11.5 Å². The van der Waals surface area contributed by atoms with Gasteiger partial charge in [0, 0.05) is 29.5 Å². The molecule has 1 heterocycles. The Hall–Kier alpha value is -5.20. The second-order valence-electron chi connectivity index (χ2n) is 10.1. The molecule has 0 atom stereocenters. The van der Waals surface area contributed by atoms with Gasteiger partial charge >= 0.3 is 0 Å². The van der Waals surface area contributed by atoms with E-state index in [9.17, 15) is 15.4 Å². The van der Waals surface area contributed by atoms with Crippen LogP contribution in [0.15, 0.2) is 98.8 Å². The molecule has 0 aliphatic heterocycles. The molecule has 8 nitrogen and oxygen atoms in total. The van der Waals surface area contributed by atoms with Gasteiger partial charge in [0.15, 0.2) is 11.5 Å². The van der Waals surface area contributed by atoms with Crippen molar-refractivity contribution >= 4 is 33.7 Å². The van der Waals surface area contributed by atoms with Gasteiger partial charge in [0.2, 0.25) is 5.88 Å². The van der Waals surface area contributed by atoms with Crippen molar-refractivity contribution in [3.63, 3.8) is 0 Å². The molecular formula is C35H28BrN3O5. The van der Waals surface area contributed by atoms with Crippen LogP contribution in [0.1, 0.15) is 34.7 Å². The molecular weight excluding hydrogens is 622 g/mol. The van der Waals surface area contributed by atoms with E-state index in [-0.39, 0.29) is 18.2 Å². The quantitative estimate of drug-likeness (QED) is 0.0846. The van der Waals surface area contributed by atoms with Crippen LogP contribution < -0.4 is 9.47 Å². The smallest absolute Gasteiger partial charge is 0.269 e. The summed E-state index contributed by atoms with van der Waals surface area (Å²) in [6, 6.07) is 28.0. The second-order valence-corrected chi connectivity index (χ2v) is 10.9. The largest absolute Gasteiger partial charge is 0.490 e. The summed E-state index contributed by atoms with van der Waals surface area (Å²) in [6.07, 6.45) is 1.62. The Morgan fingerprint density at radius 2 is 1.59 bits per heavy atom. The number of aliphatic imine (C=N–C) groups is 1. The molecule has 5 rings (SSSR count). The van der Waals surface area contributed by atoms with Gasteiger partial charge < -0.3 is 13.9 Å². The molecule has 0 saturated heterocycles. The van der Waals surface area contributed by atoms with Crippen LogP contribution in [0.25, 0.3) is 22.5 Å². The van der Waals surface area contributed by atoms with E-state index < -0.39 is 4.92 Å². The van der Waals surface area contributed by atoms with E-state index in [1.807, 2.05) is 75.4 Å². The average Bonchev–Trinajstić information content (AvgIpc) is 3.39. The molecule has 0 radical (unpaired) electrons. The number of ether oxygens (including phenoxy) is 2. The molecule has 0 spiro atoms. The van der Waals surface area contributed by atoms with E-state index in [1.165, 1.54) is 12.1 Å². The molecule has 0 unspecified atom stereocenters.